The van der Waals surface area contributed by atoms with Gasteiger partial charge in [-0.05, 0) is 61.1 Å². The third-order valence-electron chi connectivity index (χ3n) is 5.53. The summed E-state index contributed by atoms with van der Waals surface area (Å²) in [6, 6.07) is 17.5. The maximum atomic E-state index is 12.6. The van der Waals surface area contributed by atoms with E-state index in [0.717, 1.165) is 49.2 Å². The predicted octanol–water partition coefficient (Wildman–Crippen LogP) is 4.54. The van der Waals surface area contributed by atoms with E-state index in [1.54, 1.807) is 17.0 Å². The Kier molecular flexibility index (Phi) is 6.38. The fourth-order valence-corrected chi connectivity index (χ4v) is 3.89. The molecule has 0 spiro atoms. The van der Waals surface area contributed by atoms with E-state index in [2.05, 4.69) is 35.5 Å². The summed E-state index contributed by atoms with van der Waals surface area (Å²) in [6.45, 7) is 3.69. The van der Waals surface area contributed by atoms with E-state index in [1.807, 2.05) is 30.3 Å². The molecule has 1 fully saturated rings. The van der Waals surface area contributed by atoms with Gasteiger partial charge in [-0.2, -0.15) is 5.10 Å². The molecule has 0 bridgehead atoms. The molecule has 6 heteroatoms. The molecule has 0 atom stereocenters. The quantitative estimate of drug-likeness (QED) is 0.581. The molecule has 31 heavy (non-hydrogen) atoms. The number of ether oxygens (including phenoxy) is 1. The first-order chi connectivity index (χ1) is 15.2. The Balaban J connectivity index is 1.67. The normalized spacial score (nSPS) is 14.9. The number of nitrogens with zero attached hydrogens (tertiary/aromatic N) is 2. The highest BCUT2D eigenvalue weighted by Gasteiger charge is 2.17. The van der Waals surface area contributed by atoms with Crippen molar-refractivity contribution in [3.8, 4) is 5.69 Å². The molecule has 4 rings (SSSR count). The zero-order valence-corrected chi connectivity index (χ0v) is 17.5. The molecular formula is C25H26N4O2. The van der Waals surface area contributed by atoms with Gasteiger partial charge in [-0.15, -0.1) is 0 Å². The SMILES string of the molecule is Cc1cc(C2CCOCC2)ccc1-n1ccc(=O)c(/C(=C/C=N)Nc2ccccc2)n1. The molecule has 1 aromatic heterocycles. The van der Waals surface area contributed by atoms with E-state index in [1.165, 1.54) is 11.6 Å². The molecule has 0 saturated carbocycles. The third-order valence-corrected chi connectivity index (χ3v) is 5.53. The van der Waals surface area contributed by atoms with Crippen LogP contribution in [0.25, 0.3) is 11.4 Å². The Labute approximate surface area is 181 Å². The van der Waals surface area contributed by atoms with Gasteiger partial charge in [0.15, 0.2) is 5.69 Å². The highest BCUT2D eigenvalue weighted by molar-refractivity contribution is 5.86. The van der Waals surface area contributed by atoms with Gasteiger partial charge in [0.1, 0.15) is 0 Å². The Hall–Kier alpha value is -3.51. The second-order valence-electron chi connectivity index (χ2n) is 7.64. The maximum Gasteiger partial charge on any atom is 0.209 e. The zero-order chi connectivity index (χ0) is 21.6. The number of nitrogens with one attached hydrogen (secondary N) is 2. The summed E-state index contributed by atoms with van der Waals surface area (Å²) in [4.78, 5) is 12.6. The van der Waals surface area contributed by atoms with Gasteiger partial charge in [-0.3, -0.25) is 4.79 Å². The van der Waals surface area contributed by atoms with Crippen LogP contribution in [0.15, 0.2) is 71.7 Å². The van der Waals surface area contributed by atoms with Gasteiger partial charge in [-0.25, -0.2) is 4.68 Å². The first-order valence-corrected chi connectivity index (χ1v) is 10.5. The molecule has 1 aliphatic rings. The van der Waals surface area contributed by atoms with Crippen LogP contribution in [-0.2, 0) is 4.74 Å². The molecule has 2 heterocycles. The van der Waals surface area contributed by atoms with Crippen LogP contribution in [0, 0.1) is 12.3 Å². The van der Waals surface area contributed by atoms with Crippen LogP contribution in [-0.4, -0.2) is 29.2 Å². The smallest absolute Gasteiger partial charge is 0.209 e. The Bertz CT molecular complexity index is 1150. The highest BCUT2D eigenvalue weighted by Crippen LogP contribution is 2.29. The number of hydrogen-bond donors (Lipinski definition) is 2. The molecule has 1 saturated heterocycles. The van der Waals surface area contributed by atoms with E-state index >= 15 is 0 Å². The minimum atomic E-state index is -0.204. The second-order valence-corrected chi connectivity index (χ2v) is 7.64. The summed E-state index contributed by atoms with van der Waals surface area (Å²) in [5.41, 5.74) is 4.71. The molecule has 2 aromatic carbocycles. The van der Waals surface area contributed by atoms with Crippen molar-refractivity contribution in [2.75, 3.05) is 18.5 Å². The van der Waals surface area contributed by atoms with Crippen molar-refractivity contribution < 1.29 is 4.74 Å². The van der Waals surface area contributed by atoms with Crippen molar-refractivity contribution in [2.24, 2.45) is 0 Å². The van der Waals surface area contributed by atoms with E-state index in [0.29, 0.717) is 11.6 Å². The zero-order valence-electron chi connectivity index (χ0n) is 17.5. The molecule has 0 unspecified atom stereocenters. The fourth-order valence-electron chi connectivity index (χ4n) is 3.89. The van der Waals surface area contributed by atoms with Crippen molar-refractivity contribution in [2.45, 2.75) is 25.7 Å². The molecule has 158 valence electrons. The van der Waals surface area contributed by atoms with E-state index in [4.69, 9.17) is 10.1 Å². The second kappa shape index (κ2) is 9.53. The van der Waals surface area contributed by atoms with Crippen LogP contribution < -0.4 is 10.7 Å². The van der Waals surface area contributed by atoms with Crippen molar-refractivity contribution in [3.05, 3.63) is 93.9 Å². The van der Waals surface area contributed by atoms with E-state index in [-0.39, 0.29) is 11.1 Å². The number of rotatable bonds is 6. The van der Waals surface area contributed by atoms with Crippen LogP contribution >= 0.6 is 0 Å². The van der Waals surface area contributed by atoms with Crippen LogP contribution in [0.5, 0.6) is 0 Å². The Morgan fingerprint density at radius 3 is 2.65 bits per heavy atom. The Morgan fingerprint density at radius 1 is 1.16 bits per heavy atom. The minimum absolute atomic E-state index is 0.204. The number of para-hydroxylation sites is 1. The van der Waals surface area contributed by atoms with E-state index < -0.39 is 0 Å². The maximum absolute atomic E-state index is 12.6. The fraction of sp³-hybridized carbons (Fsp3) is 0.240. The summed E-state index contributed by atoms with van der Waals surface area (Å²) in [6.07, 6.45) is 6.47. The van der Waals surface area contributed by atoms with Gasteiger partial charge in [0.05, 0.1) is 11.4 Å². The monoisotopic (exact) mass is 414 g/mol. The molecular weight excluding hydrogens is 388 g/mol. The lowest BCUT2D eigenvalue weighted by Gasteiger charge is -2.23. The molecule has 3 aromatic rings. The van der Waals surface area contributed by atoms with Crippen molar-refractivity contribution in [1.29, 1.82) is 5.41 Å². The number of aromatic nitrogens is 2. The van der Waals surface area contributed by atoms with Crippen LogP contribution in [0.2, 0.25) is 0 Å². The molecule has 0 radical (unpaired) electrons. The lowest BCUT2D eigenvalue weighted by Crippen LogP contribution is -2.19. The standard InChI is InChI=1S/C25H26N4O2/c1-18-17-20(19-11-15-31-16-12-19)7-8-23(18)29-14-10-24(30)25(28-29)22(9-13-26)27-21-5-3-2-4-6-21/h2-10,13-14,17,19,26-27H,11-12,15-16H2,1H3/b22-9-,26-13?. The third kappa shape index (κ3) is 4.81. The van der Waals surface area contributed by atoms with Crippen LogP contribution in [0.4, 0.5) is 5.69 Å². The van der Waals surface area contributed by atoms with Gasteiger partial charge in [-0.1, -0.05) is 30.3 Å². The summed E-state index contributed by atoms with van der Waals surface area (Å²) in [5, 5.41) is 15.3. The number of benzene rings is 2. The van der Waals surface area contributed by atoms with Crippen molar-refractivity contribution in [3.63, 3.8) is 0 Å². The van der Waals surface area contributed by atoms with Gasteiger partial charge in [0.25, 0.3) is 0 Å². The molecule has 0 aliphatic carbocycles. The average Bonchev–Trinajstić information content (AvgIpc) is 2.80. The largest absolute Gasteiger partial charge is 0.381 e. The van der Waals surface area contributed by atoms with Gasteiger partial charge < -0.3 is 15.5 Å². The van der Waals surface area contributed by atoms with Crippen LogP contribution in [0.3, 0.4) is 0 Å². The van der Waals surface area contributed by atoms with Crippen molar-refractivity contribution in [1.82, 2.24) is 9.78 Å². The number of anilines is 1. The number of aryl methyl sites for hydroxylation is 1. The molecule has 2 N–H and O–H groups in total. The minimum Gasteiger partial charge on any atom is -0.381 e. The predicted molar refractivity (Wildman–Crippen MR) is 124 cm³/mol. The molecule has 1 aliphatic heterocycles. The van der Waals surface area contributed by atoms with Crippen LogP contribution in [0.1, 0.15) is 35.6 Å². The average molecular weight is 415 g/mol. The highest BCUT2D eigenvalue weighted by atomic mass is 16.5. The first kappa shape index (κ1) is 20.8. The summed E-state index contributed by atoms with van der Waals surface area (Å²) < 4.78 is 7.21. The molecule has 6 nitrogen and oxygen atoms in total. The molecule has 0 amide bonds. The Morgan fingerprint density at radius 2 is 1.94 bits per heavy atom. The first-order valence-electron chi connectivity index (χ1n) is 10.5. The summed E-state index contributed by atoms with van der Waals surface area (Å²) in [5.74, 6) is 0.524. The summed E-state index contributed by atoms with van der Waals surface area (Å²) >= 11 is 0. The van der Waals surface area contributed by atoms with Crippen molar-refractivity contribution >= 4 is 17.6 Å². The number of allylic oxidation sites excluding steroid dienone is 1. The number of hydrogen-bond acceptors (Lipinski definition) is 5. The van der Waals surface area contributed by atoms with Gasteiger partial charge in [0.2, 0.25) is 5.43 Å². The van der Waals surface area contributed by atoms with Gasteiger partial charge in [0, 0.05) is 37.4 Å². The lowest BCUT2D eigenvalue weighted by molar-refractivity contribution is 0.0853. The van der Waals surface area contributed by atoms with Gasteiger partial charge >= 0.3 is 0 Å². The van der Waals surface area contributed by atoms with E-state index in [9.17, 15) is 4.79 Å². The lowest BCUT2D eigenvalue weighted by atomic mass is 9.90. The summed E-state index contributed by atoms with van der Waals surface area (Å²) in [7, 11) is 0. The topological polar surface area (TPSA) is 80.0 Å².